The number of hydrogen-bond acceptors (Lipinski definition) is 10. The Morgan fingerprint density at radius 3 is 2.61 bits per heavy atom. The Kier molecular flexibility index (Phi) is 5.85. The van der Waals surface area contributed by atoms with Gasteiger partial charge >= 0.3 is 5.69 Å². The number of nitrogens with zero attached hydrogens (tertiary/aromatic N) is 5. The van der Waals surface area contributed by atoms with E-state index in [1.165, 1.54) is 12.5 Å². The van der Waals surface area contributed by atoms with Gasteiger partial charge in [-0.3, -0.25) is 10.1 Å². The van der Waals surface area contributed by atoms with E-state index >= 15 is 0 Å². The molecule has 2 N–H and O–H groups in total. The molecule has 3 heterocycles. The Bertz CT molecular complexity index is 1330. The molecule has 0 amide bonds. The van der Waals surface area contributed by atoms with Gasteiger partial charge in [0.05, 0.1) is 40.4 Å². The Hall–Kier alpha value is -3.80. The normalized spacial score (nSPS) is 13.5. The van der Waals surface area contributed by atoms with Crippen LogP contribution in [0.1, 0.15) is 22.4 Å². The Morgan fingerprint density at radius 1 is 1.21 bits per heavy atom. The fourth-order valence-corrected chi connectivity index (χ4v) is 4.59. The highest BCUT2D eigenvalue weighted by Crippen LogP contribution is 2.35. The molecule has 0 saturated heterocycles. The van der Waals surface area contributed by atoms with E-state index in [2.05, 4.69) is 20.3 Å². The fourth-order valence-electron chi connectivity index (χ4n) is 3.79. The van der Waals surface area contributed by atoms with Gasteiger partial charge in [0.15, 0.2) is 9.84 Å². The minimum absolute atomic E-state index is 0.0256. The molecule has 172 valence electrons. The van der Waals surface area contributed by atoms with E-state index in [-0.39, 0.29) is 5.75 Å². The summed E-state index contributed by atoms with van der Waals surface area (Å²) in [5.74, 6) is -0.240. The topological polar surface area (TPSA) is 151 Å². The minimum atomic E-state index is -3.11. The van der Waals surface area contributed by atoms with Crippen molar-refractivity contribution in [3.05, 3.63) is 69.2 Å². The van der Waals surface area contributed by atoms with Crippen LogP contribution >= 0.6 is 0 Å². The van der Waals surface area contributed by atoms with Gasteiger partial charge in [-0.2, -0.15) is 0 Å². The van der Waals surface area contributed by atoms with E-state index in [1.807, 2.05) is 4.90 Å². The van der Waals surface area contributed by atoms with Crippen molar-refractivity contribution >= 4 is 32.8 Å². The number of anilines is 3. The van der Waals surface area contributed by atoms with Crippen LogP contribution in [0, 0.1) is 17.0 Å². The molecule has 0 fully saturated rings. The number of aromatic nitrogens is 3. The van der Waals surface area contributed by atoms with E-state index in [9.17, 15) is 23.6 Å². The number of sulfone groups is 1. The maximum atomic E-state index is 11.4. The molecule has 2 aromatic heterocycles. The molecule has 0 radical (unpaired) electrons. The van der Waals surface area contributed by atoms with Crippen LogP contribution in [0.3, 0.4) is 0 Å². The molecular weight excluding hydrogens is 448 g/mol. The van der Waals surface area contributed by atoms with Gasteiger partial charge in [0.25, 0.3) is 5.88 Å². The van der Waals surface area contributed by atoms with Crippen LogP contribution in [0.15, 0.2) is 36.7 Å². The number of hydrogen-bond donors (Lipinski definition) is 2. The van der Waals surface area contributed by atoms with Gasteiger partial charge in [-0.15, -0.1) is 0 Å². The summed E-state index contributed by atoms with van der Waals surface area (Å²) in [6.07, 6.45) is 5.03. The third kappa shape index (κ3) is 5.00. The third-order valence-corrected chi connectivity index (χ3v) is 6.23. The Labute approximate surface area is 190 Å². The van der Waals surface area contributed by atoms with Crippen LogP contribution in [0.25, 0.3) is 0 Å². The maximum absolute atomic E-state index is 11.4. The van der Waals surface area contributed by atoms with Crippen molar-refractivity contribution in [2.75, 3.05) is 23.0 Å². The zero-order chi connectivity index (χ0) is 23.8. The average molecular weight is 471 g/mol. The molecule has 0 spiro atoms. The summed E-state index contributed by atoms with van der Waals surface area (Å²) in [6, 6.07) is 6.99. The van der Waals surface area contributed by atoms with Gasteiger partial charge in [0, 0.05) is 24.7 Å². The van der Waals surface area contributed by atoms with Gasteiger partial charge < -0.3 is 15.3 Å². The van der Waals surface area contributed by atoms with Crippen molar-refractivity contribution in [2.24, 2.45) is 0 Å². The lowest BCUT2D eigenvalue weighted by Crippen LogP contribution is -2.32. The lowest BCUT2D eigenvalue weighted by Gasteiger charge is -2.30. The quantitative estimate of drug-likeness (QED) is 0.406. The van der Waals surface area contributed by atoms with Gasteiger partial charge in [-0.05, 0) is 36.6 Å². The average Bonchev–Trinajstić information content (AvgIpc) is 2.73. The first-order chi connectivity index (χ1) is 15.6. The molecule has 12 heteroatoms. The third-order valence-electron chi connectivity index (χ3n) is 5.37. The molecule has 0 unspecified atom stereocenters. The molecule has 0 saturated carbocycles. The van der Waals surface area contributed by atoms with Gasteiger partial charge in [-0.25, -0.2) is 23.4 Å². The van der Waals surface area contributed by atoms with Crippen LogP contribution < -0.4 is 10.2 Å². The van der Waals surface area contributed by atoms with Crippen LogP contribution in [0.2, 0.25) is 0 Å². The van der Waals surface area contributed by atoms with Crippen molar-refractivity contribution in [1.82, 2.24) is 15.0 Å². The Morgan fingerprint density at radius 2 is 1.94 bits per heavy atom. The summed E-state index contributed by atoms with van der Waals surface area (Å²) in [6.45, 7) is 2.60. The van der Waals surface area contributed by atoms with E-state index in [0.717, 1.165) is 11.3 Å². The second-order valence-corrected chi connectivity index (χ2v) is 10.1. The number of fused-ring (bicyclic) bond motifs is 1. The first kappa shape index (κ1) is 22.4. The molecule has 0 atom stereocenters. The molecule has 33 heavy (non-hydrogen) atoms. The summed E-state index contributed by atoms with van der Waals surface area (Å²) in [7, 11) is -3.11. The van der Waals surface area contributed by atoms with Crippen LogP contribution in [0.5, 0.6) is 5.88 Å². The molecule has 1 aliphatic rings. The summed E-state index contributed by atoms with van der Waals surface area (Å²) >= 11 is 0. The van der Waals surface area contributed by atoms with Crippen LogP contribution in [-0.2, 0) is 28.6 Å². The number of nitro groups is 1. The first-order valence-electron chi connectivity index (χ1n) is 10.1. The van der Waals surface area contributed by atoms with E-state index in [0.29, 0.717) is 48.0 Å². The fraction of sp³-hybridized carbons (Fsp3) is 0.286. The largest absolute Gasteiger partial charge is 0.488 e. The van der Waals surface area contributed by atoms with Crippen molar-refractivity contribution in [3.63, 3.8) is 0 Å². The van der Waals surface area contributed by atoms with Crippen molar-refractivity contribution in [2.45, 2.75) is 25.6 Å². The minimum Gasteiger partial charge on any atom is -0.488 e. The van der Waals surface area contributed by atoms with Gasteiger partial charge in [-0.1, -0.05) is 12.1 Å². The number of rotatable bonds is 6. The highest BCUT2D eigenvalue weighted by atomic mass is 32.2. The smallest absolute Gasteiger partial charge is 0.335 e. The summed E-state index contributed by atoms with van der Waals surface area (Å²) in [4.78, 5) is 25.4. The van der Waals surface area contributed by atoms with E-state index < -0.39 is 26.3 Å². The lowest BCUT2D eigenvalue weighted by molar-refractivity contribution is -0.386. The van der Waals surface area contributed by atoms with Gasteiger partial charge in [0.2, 0.25) is 5.95 Å². The number of aromatic hydroxyl groups is 1. The maximum Gasteiger partial charge on any atom is 0.335 e. The number of nitrogens with one attached hydrogen (secondary N) is 1. The van der Waals surface area contributed by atoms with Crippen molar-refractivity contribution in [3.8, 4) is 5.88 Å². The second-order valence-electron chi connectivity index (χ2n) is 7.93. The van der Waals surface area contributed by atoms with Crippen molar-refractivity contribution in [1.29, 1.82) is 0 Å². The standard InChI is InChI=1S/C21H22N6O5S/c1-13-18(10-22-20(28)19(13)27(29)30)26-8-7-15-9-23-21(25-17(15)11-26)24-16-5-3-14(4-6-16)12-33(2,31)32/h3-6,9-10H,7-8,11-12H2,1-2H3,(H,22,28)(H,23,24,25). The van der Waals surface area contributed by atoms with Crippen LogP contribution in [0.4, 0.5) is 23.0 Å². The first-order valence-corrected chi connectivity index (χ1v) is 12.1. The predicted molar refractivity (Wildman–Crippen MR) is 122 cm³/mol. The summed E-state index contributed by atoms with van der Waals surface area (Å²) < 4.78 is 22.9. The molecule has 1 aromatic carbocycles. The zero-order valence-corrected chi connectivity index (χ0v) is 18.8. The predicted octanol–water partition coefficient (Wildman–Crippen LogP) is 2.64. The van der Waals surface area contributed by atoms with Crippen molar-refractivity contribution < 1.29 is 18.4 Å². The second kappa shape index (κ2) is 8.62. The molecular formula is C21H22N6O5S. The Balaban J connectivity index is 1.54. The van der Waals surface area contributed by atoms with Crippen LogP contribution in [-0.4, -0.2) is 46.2 Å². The lowest BCUT2D eigenvalue weighted by atomic mass is 10.1. The molecule has 1 aliphatic heterocycles. The molecule has 4 rings (SSSR count). The molecule has 11 nitrogen and oxygen atoms in total. The van der Waals surface area contributed by atoms with Gasteiger partial charge in [0.1, 0.15) is 0 Å². The van der Waals surface area contributed by atoms with E-state index in [1.54, 1.807) is 37.4 Å². The number of pyridine rings is 1. The summed E-state index contributed by atoms with van der Waals surface area (Å²) in [5.41, 5.74) is 3.69. The molecule has 3 aromatic rings. The highest BCUT2D eigenvalue weighted by molar-refractivity contribution is 7.89. The molecule has 0 bridgehead atoms. The van der Waals surface area contributed by atoms with E-state index in [4.69, 9.17) is 0 Å². The number of benzene rings is 1. The zero-order valence-electron chi connectivity index (χ0n) is 18.0. The SMILES string of the molecule is Cc1c(N2CCc3cnc(Nc4ccc(CS(C)(=O)=O)cc4)nc3C2)cnc(O)c1[N+](=O)[O-]. The molecule has 0 aliphatic carbocycles. The highest BCUT2D eigenvalue weighted by Gasteiger charge is 2.27. The monoisotopic (exact) mass is 470 g/mol. The summed E-state index contributed by atoms with van der Waals surface area (Å²) in [5, 5.41) is 24.2.